The Kier molecular flexibility index (Phi) is 7.60. The quantitative estimate of drug-likeness (QED) is 0.577. The molecule has 1 radical (unpaired) electrons. The Morgan fingerprint density at radius 1 is 1.12 bits per heavy atom. The lowest BCUT2D eigenvalue weighted by Gasteiger charge is -2.16. The van der Waals surface area contributed by atoms with Crippen LogP contribution in [-0.2, 0) is 15.3 Å². The van der Waals surface area contributed by atoms with E-state index in [4.69, 9.17) is 8.85 Å². The largest absolute Gasteiger partial charge is 0.423 e. The van der Waals surface area contributed by atoms with Crippen LogP contribution in [0.2, 0.25) is 0 Å². The number of rotatable bonds is 8. The Morgan fingerprint density at radius 3 is 2.35 bits per heavy atom. The summed E-state index contributed by atoms with van der Waals surface area (Å²) in [5.41, 5.74) is 1.34. The van der Waals surface area contributed by atoms with Gasteiger partial charge < -0.3 is 8.85 Å². The first-order chi connectivity index (χ1) is 8.33. The van der Waals surface area contributed by atoms with Crippen LogP contribution in [-0.4, -0.2) is 28.3 Å². The highest BCUT2D eigenvalue weighted by molar-refractivity contribution is 7.80. The van der Waals surface area contributed by atoms with E-state index in [1.807, 2.05) is 13.8 Å². The molecule has 0 heterocycles. The van der Waals surface area contributed by atoms with Gasteiger partial charge in [-0.05, 0) is 43.2 Å². The predicted molar refractivity (Wildman–Crippen MR) is 77.3 cm³/mol. The van der Waals surface area contributed by atoms with E-state index in [1.54, 1.807) is 0 Å². The molecule has 0 aliphatic rings. The number of aryl methyl sites for hydroxylation is 1. The van der Waals surface area contributed by atoms with E-state index in [2.05, 4.69) is 36.9 Å². The predicted octanol–water partition coefficient (Wildman–Crippen LogP) is 2.32. The molecular weight excluding hydrogens is 248 g/mol. The zero-order valence-electron chi connectivity index (χ0n) is 10.6. The third kappa shape index (κ3) is 4.83. The smallest absolute Gasteiger partial charge is 0.390 e. The minimum absolute atomic E-state index is 0.704. The van der Waals surface area contributed by atoms with Gasteiger partial charge in [0.15, 0.2) is 0 Å². The molecule has 1 aromatic rings. The van der Waals surface area contributed by atoms with Crippen molar-refractivity contribution >= 4 is 27.1 Å². The van der Waals surface area contributed by atoms with E-state index in [9.17, 15) is 0 Å². The summed E-state index contributed by atoms with van der Waals surface area (Å²) in [6, 6.07) is 8.44. The summed E-state index contributed by atoms with van der Waals surface area (Å²) in [5, 5.41) is 1.25. The highest BCUT2D eigenvalue weighted by Crippen LogP contribution is 2.05. The van der Waals surface area contributed by atoms with Crippen LogP contribution in [0.15, 0.2) is 24.3 Å². The van der Waals surface area contributed by atoms with Crippen LogP contribution in [0.5, 0.6) is 0 Å². The Hall–Kier alpha value is -0.293. The van der Waals surface area contributed by atoms with E-state index in [-0.39, 0.29) is 0 Å². The molecule has 1 rings (SSSR count). The van der Waals surface area contributed by atoms with Crippen molar-refractivity contribution in [2.45, 2.75) is 26.7 Å². The maximum absolute atomic E-state index is 5.75. The van der Waals surface area contributed by atoms with Crippen LogP contribution in [0.1, 0.15) is 25.8 Å². The number of benzene rings is 1. The Labute approximate surface area is 112 Å². The van der Waals surface area contributed by atoms with Crippen molar-refractivity contribution in [1.82, 2.24) is 0 Å². The normalized spacial score (nSPS) is 11.1. The Morgan fingerprint density at radius 2 is 1.76 bits per heavy atom. The molecule has 0 atom stereocenters. The first kappa shape index (κ1) is 14.8. The average molecular weight is 269 g/mol. The van der Waals surface area contributed by atoms with E-state index in [0.29, 0.717) is 13.2 Å². The molecule has 1 aromatic carbocycles. The minimum Gasteiger partial charge on any atom is -0.390 e. The standard InChI is InChI=1S/C13H21O2SSi/c1-3-14-17(15-4-2)13-10-6-5-8-12(13)9-7-11-16/h5-6,8,10,16H,3-4,7,9,11H2,1-2H3. The van der Waals surface area contributed by atoms with Crippen LogP contribution < -0.4 is 5.19 Å². The summed E-state index contributed by atoms with van der Waals surface area (Å²) in [5.74, 6) is 0.916. The summed E-state index contributed by atoms with van der Waals surface area (Å²) in [7, 11) is -1.31. The number of hydrogen-bond acceptors (Lipinski definition) is 3. The Bertz CT molecular complexity index is 314. The molecular formula is C13H21O2SSi. The van der Waals surface area contributed by atoms with E-state index in [0.717, 1.165) is 18.6 Å². The van der Waals surface area contributed by atoms with Gasteiger partial charge in [-0.1, -0.05) is 24.3 Å². The molecule has 0 bridgehead atoms. The second-order valence-corrected chi connectivity index (χ2v) is 5.78. The maximum atomic E-state index is 5.75. The maximum Gasteiger partial charge on any atom is 0.423 e. The van der Waals surface area contributed by atoms with Crippen LogP contribution >= 0.6 is 12.6 Å². The SMILES string of the molecule is CCO[Si](OCC)c1ccccc1CCCS. The van der Waals surface area contributed by atoms with Gasteiger partial charge in [0.25, 0.3) is 0 Å². The van der Waals surface area contributed by atoms with Crippen LogP contribution in [0.25, 0.3) is 0 Å². The van der Waals surface area contributed by atoms with Gasteiger partial charge in [0.05, 0.1) is 0 Å². The molecule has 95 valence electrons. The highest BCUT2D eigenvalue weighted by Gasteiger charge is 2.20. The van der Waals surface area contributed by atoms with Crippen molar-refractivity contribution in [3.8, 4) is 0 Å². The van der Waals surface area contributed by atoms with Crippen molar-refractivity contribution in [1.29, 1.82) is 0 Å². The van der Waals surface area contributed by atoms with Crippen molar-refractivity contribution in [2.24, 2.45) is 0 Å². The van der Waals surface area contributed by atoms with Crippen LogP contribution in [0.3, 0.4) is 0 Å². The first-order valence-electron chi connectivity index (χ1n) is 6.15. The highest BCUT2D eigenvalue weighted by atomic mass is 32.1. The number of hydrogen-bond donors (Lipinski definition) is 1. The van der Waals surface area contributed by atoms with Crippen LogP contribution in [0.4, 0.5) is 0 Å². The van der Waals surface area contributed by atoms with Gasteiger partial charge in [-0.15, -0.1) is 0 Å². The molecule has 0 saturated heterocycles. The lowest BCUT2D eigenvalue weighted by atomic mass is 10.1. The molecule has 0 fully saturated rings. The molecule has 17 heavy (non-hydrogen) atoms. The molecule has 4 heteroatoms. The fraction of sp³-hybridized carbons (Fsp3) is 0.538. The molecule has 0 aromatic heterocycles. The fourth-order valence-corrected chi connectivity index (χ4v) is 3.45. The molecule has 0 N–H and O–H groups in total. The van der Waals surface area contributed by atoms with E-state index >= 15 is 0 Å². The third-order valence-electron chi connectivity index (χ3n) is 2.39. The van der Waals surface area contributed by atoms with Gasteiger partial charge in [-0.3, -0.25) is 0 Å². The molecule has 0 unspecified atom stereocenters. The zero-order chi connectivity index (χ0) is 12.5. The summed E-state index contributed by atoms with van der Waals surface area (Å²) >= 11 is 4.27. The molecule has 0 spiro atoms. The first-order valence-corrected chi connectivity index (χ1v) is 8.10. The van der Waals surface area contributed by atoms with Gasteiger partial charge >= 0.3 is 9.28 Å². The van der Waals surface area contributed by atoms with Gasteiger partial charge in [-0.25, -0.2) is 0 Å². The summed E-state index contributed by atoms with van der Waals surface area (Å²) < 4.78 is 11.5. The van der Waals surface area contributed by atoms with E-state index < -0.39 is 9.28 Å². The van der Waals surface area contributed by atoms with Gasteiger partial charge in [-0.2, -0.15) is 12.6 Å². The fourth-order valence-electron chi connectivity index (χ4n) is 1.67. The zero-order valence-corrected chi connectivity index (χ0v) is 12.5. The molecule has 0 aliphatic heterocycles. The summed E-state index contributed by atoms with van der Waals surface area (Å²) in [4.78, 5) is 0. The molecule has 0 aliphatic carbocycles. The van der Waals surface area contributed by atoms with Crippen molar-refractivity contribution < 1.29 is 8.85 Å². The van der Waals surface area contributed by atoms with Crippen molar-refractivity contribution in [3.05, 3.63) is 29.8 Å². The van der Waals surface area contributed by atoms with Gasteiger partial charge in [0.2, 0.25) is 0 Å². The van der Waals surface area contributed by atoms with Crippen molar-refractivity contribution in [3.63, 3.8) is 0 Å². The van der Waals surface area contributed by atoms with Crippen molar-refractivity contribution in [2.75, 3.05) is 19.0 Å². The number of thiol groups is 1. The molecule has 0 saturated carbocycles. The van der Waals surface area contributed by atoms with E-state index in [1.165, 1.54) is 10.8 Å². The Balaban J connectivity index is 2.83. The topological polar surface area (TPSA) is 18.5 Å². The van der Waals surface area contributed by atoms with Gasteiger partial charge in [0, 0.05) is 13.2 Å². The summed E-state index contributed by atoms with van der Waals surface area (Å²) in [6.07, 6.45) is 2.14. The second kappa shape index (κ2) is 8.75. The lowest BCUT2D eigenvalue weighted by molar-refractivity contribution is 0.225. The lowest BCUT2D eigenvalue weighted by Crippen LogP contribution is -2.39. The van der Waals surface area contributed by atoms with Gasteiger partial charge in [0.1, 0.15) is 0 Å². The summed E-state index contributed by atoms with van der Waals surface area (Å²) in [6.45, 7) is 5.43. The van der Waals surface area contributed by atoms with Crippen LogP contribution in [0, 0.1) is 0 Å². The third-order valence-corrected chi connectivity index (χ3v) is 4.74. The molecule has 0 amide bonds. The average Bonchev–Trinajstić information content (AvgIpc) is 2.36. The molecule has 2 nitrogen and oxygen atoms in total. The second-order valence-electron chi connectivity index (χ2n) is 3.64. The minimum atomic E-state index is -1.31. The monoisotopic (exact) mass is 269 g/mol.